The molecule has 1 atom stereocenters. The van der Waals surface area contributed by atoms with Gasteiger partial charge in [-0.15, -0.1) is 0 Å². The number of unbranched alkanes of at least 4 members (excludes halogenated alkanes) is 1. The highest BCUT2D eigenvalue weighted by Gasteiger charge is 2.31. The van der Waals surface area contributed by atoms with Gasteiger partial charge in [0.25, 0.3) is 0 Å². The van der Waals surface area contributed by atoms with Crippen molar-refractivity contribution in [1.29, 1.82) is 0 Å². The Morgan fingerprint density at radius 1 is 0.930 bits per heavy atom. The molecule has 0 radical (unpaired) electrons. The molecule has 10 heteroatoms. The number of benzene rings is 3. The summed E-state index contributed by atoms with van der Waals surface area (Å²) in [6.45, 7) is 4.80. The van der Waals surface area contributed by atoms with Gasteiger partial charge in [0.05, 0.1) is 18.6 Å². The van der Waals surface area contributed by atoms with E-state index in [9.17, 15) is 22.4 Å². The molecule has 0 saturated carbocycles. The molecule has 3 rings (SSSR count). The summed E-state index contributed by atoms with van der Waals surface area (Å²) >= 11 is 0. The highest BCUT2D eigenvalue weighted by atomic mass is 32.2. The molecule has 0 unspecified atom stereocenters. The van der Waals surface area contributed by atoms with Crippen molar-refractivity contribution in [1.82, 2.24) is 10.2 Å². The van der Waals surface area contributed by atoms with E-state index in [1.807, 2.05) is 44.2 Å². The van der Waals surface area contributed by atoms with Crippen molar-refractivity contribution < 1.29 is 27.1 Å². The van der Waals surface area contributed by atoms with Gasteiger partial charge in [-0.05, 0) is 55.7 Å². The molecule has 2 amide bonds. The Balaban J connectivity index is 1.86. The summed E-state index contributed by atoms with van der Waals surface area (Å²) in [7, 11) is -3.64. The molecular formula is C33H42FN3O5S. The van der Waals surface area contributed by atoms with Crippen LogP contribution in [0.2, 0.25) is 0 Å². The quantitative estimate of drug-likeness (QED) is 0.208. The molecule has 0 aliphatic rings. The van der Waals surface area contributed by atoms with Crippen LogP contribution in [0.1, 0.15) is 50.7 Å². The maximum atomic E-state index is 14.8. The van der Waals surface area contributed by atoms with Gasteiger partial charge in [-0.25, -0.2) is 12.8 Å². The van der Waals surface area contributed by atoms with Crippen molar-refractivity contribution in [3.05, 3.63) is 95.8 Å². The van der Waals surface area contributed by atoms with Crippen LogP contribution in [0.5, 0.6) is 5.75 Å². The fourth-order valence-electron chi connectivity index (χ4n) is 4.75. The van der Waals surface area contributed by atoms with Crippen LogP contribution in [-0.4, -0.2) is 57.1 Å². The molecule has 3 aromatic carbocycles. The number of rotatable bonds is 17. The van der Waals surface area contributed by atoms with E-state index in [4.69, 9.17) is 4.74 Å². The summed E-state index contributed by atoms with van der Waals surface area (Å²) in [5.41, 5.74) is 1.62. The number of carbonyl (C=O) groups is 2. The number of hydrogen-bond donors (Lipinski definition) is 1. The molecule has 8 nitrogen and oxygen atoms in total. The molecule has 0 fully saturated rings. The summed E-state index contributed by atoms with van der Waals surface area (Å²) in [4.78, 5) is 28.8. The van der Waals surface area contributed by atoms with E-state index in [0.717, 1.165) is 24.7 Å². The van der Waals surface area contributed by atoms with Gasteiger partial charge in [0.15, 0.2) is 0 Å². The molecule has 0 aliphatic heterocycles. The van der Waals surface area contributed by atoms with Crippen LogP contribution in [0.15, 0.2) is 78.9 Å². The van der Waals surface area contributed by atoms with Crippen LogP contribution in [-0.2, 0) is 32.6 Å². The average Bonchev–Trinajstić information content (AvgIpc) is 2.98. The van der Waals surface area contributed by atoms with Crippen molar-refractivity contribution in [2.75, 3.05) is 30.3 Å². The van der Waals surface area contributed by atoms with Crippen molar-refractivity contribution >= 4 is 27.5 Å². The first-order valence-electron chi connectivity index (χ1n) is 14.7. The van der Waals surface area contributed by atoms with Crippen LogP contribution in [0, 0.1) is 5.82 Å². The van der Waals surface area contributed by atoms with E-state index < -0.39 is 21.9 Å². The number of hydrogen-bond acceptors (Lipinski definition) is 5. The number of ether oxygens (including phenoxy) is 1. The molecule has 3 aromatic rings. The van der Waals surface area contributed by atoms with Crippen LogP contribution < -0.4 is 14.4 Å². The van der Waals surface area contributed by atoms with Crippen molar-refractivity contribution in [3.8, 4) is 5.75 Å². The zero-order chi connectivity index (χ0) is 31.2. The Labute approximate surface area is 254 Å². The minimum absolute atomic E-state index is 0.0367. The number of amides is 2. The molecule has 232 valence electrons. The Bertz CT molecular complexity index is 1420. The zero-order valence-electron chi connectivity index (χ0n) is 25.2. The van der Waals surface area contributed by atoms with Gasteiger partial charge in [0.1, 0.15) is 17.6 Å². The normalized spacial score (nSPS) is 11.9. The first-order valence-corrected chi connectivity index (χ1v) is 16.5. The highest BCUT2D eigenvalue weighted by Crippen LogP contribution is 2.23. The van der Waals surface area contributed by atoms with Crippen molar-refractivity contribution in [2.45, 2.75) is 58.5 Å². The molecule has 0 aromatic heterocycles. The number of nitrogens with zero attached hydrogens (tertiary/aromatic N) is 2. The topological polar surface area (TPSA) is 96.0 Å². The first kappa shape index (κ1) is 33.6. The van der Waals surface area contributed by atoms with Crippen molar-refractivity contribution in [3.63, 3.8) is 0 Å². The lowest BCUT2D eigenvalue weighted by Gasteiger charge is -2.32. The molecule has 0 bridgehead atoms. The second-order valence-corrected chi connectivity index (χ2v) is 12.2. The number of anilines is 1. The maximum Gasteiger partial charge on any atom is 0.243 e. The third-order valence-electron chi connectivity index (χ3n) is 6.99. The third kappa shape index (κ3) is 10.4. The minimum atomic E-state index is -3.64. The SMILES string of the molecule is CCCCNC(=O)[C@@H](Cc1ccccc1)N(Cc1ccccc1F)C(=O)CCCN(c1ccc(OCC)cc1)S(C)(=O)=O. The monoisotopic (exact) mass is 611 g/mol. The van der Waals surface area contributed by atoms with E-state index in [1.165, 1.54) is 15.3 Å². The number of sulfonamides is 1. The highest BCUT2D eigenvalue weighted by molar-refractivity contribution is 7.92. The van der Waals surface area contributed by atoms with Crippen molar-refractivity contribution in [2.24, 2.45) is 0 Å². The molecule has 0 spiro atoms. The first-order chi connectivity index (χ1) is 20.6. The summed E-state index contributed by atoms with van der Waals surface area (Å²) in [6.07, 6.45) is 3.21. The number of carbonyl (C=O) groups excluding carboxylic acids is 2. The average molecular weight is 612 g/mol. The molecule has 0 aliphatic carbocycles. The lowest BCUT2D eigenvalue weighted by molar-refractivity contribution is -0.141. The van der Waals surface area contributed by atoms with Gasteiger partial charge in [0, 0.05) is 38.0 Å². The zero-order valence-corrected chi connectivity index (χ0v) is 26.0. The Hall–Kier alpha value is -3.92. The van der Waals surface area contributed by atoms with Crippen LogP contribution in [0.25, 0.3) is 0 Å². The predicted octanol–water partition coefficient (Wildman–Crippen LogP) is 5.33. The van der Waals surface area contributed by atoms with Gasteiger partial charge in [-0.1, -0.05) is 61.9 Å². The van der Waals surface area contributed by atoms with E-state index in [1.54, 1.807) is 42.5 Å². The summed E-state index contributed by atoms with van der Waals surface area (Å²) in [5.74, 6) is -0.520. The molecule has 0 saturated heterocycles. The second kappa shape index (κ2) is 16.6. The predicted molar refractivity (Wildman–Crippen MR) is 168 cm³/mol. The smallest absolute Gasteiger partial charge is 0.243 e. The van der Waals surface area contributed by atoms with Gasteiger partial charge < -0.3 is 15.0 Å². The second-order valence-electron chi connectivity index (χ2n) is 10.3. The van der Waals surface area contributed by atoms with E-state index >= 15 is 0 Å². The number of halogens is 1. The standard InChI is InChI=1S/C33H42FN3O5S/c1-4-6-22-35-33(39)31(24-26-13-8-7-9-14-26)36(25-27-15-10-11-16-30(27)34)32(38)17-12-23-37(43(3,40)41)28-18-20-29(21-19-28)42-5-2/h7-11,13-16,18-21,31H,4-6,12,17,22-25H2,1-3H3,(H,35,39)/t31-/m1/s1. The fraction of sp³-hybridized carbons (Fsp3) is 0.394. The minimum Gasteiger partial charge on any atom is -0.494 e. The third-order valence-corrected chi connectivity index (χ3v) is 8.18. The van der Waals surface area contributed by atoms with E-state index in [0.29, 0.717) is 30.2 Å². The van der Waals surface area contributed by atoms with Gasteiger partial charge in [-0.2, -0.15) is 0 Å². The molecule has 43 heavy (non-hydrogen) atoms. The summed E-state index contributed by atoms with van der Waals surface area (Å²) in [5, 5.41) is 2.94. The van der Waals surface area contributed by atoms with Gasteiger partial charge in [0.2, 0.25) is 21.8 Å². The number of nitrogens with one attached hydrogen (secondary N) is 1. The van der Waals surface area contributed by atoms with E-state index in [-0.39, 0.29) is 44.2 Å². The summed E-state index contributed by atoms with van der Waals surface area (Å²) < 4.78 is 46.8. The Morgan fingerprint density at radius 2 is 1.60 bits per heavy atom. The lowest BCUT2D eigenvalue weighted by atomic mass is 10.0. The lowest BCUT2D eigenvalue weighted by Crippen LogP contribution is -2.50. The maximum absolute atomic E-state index is 14.8. The van der Waals surface area contributed by atoms with Crippen LogP contribution in [0.4, 0.5) is 10.1 Å². The fourth-order valence-corrected chi connectivity index (χ4v) is 5.71. The van der Waals surface area contributed by atoms with Crippen LogP contribution in [0.3, 0.4) is 0 Å². The largest absolute Gasteiger partial charge is 0.494 e. The van der Waals surface area contributed by atoms with Crippen LogP contribution >= 0.6 is 0 Å². The molecular weight excluding hydrogens is 569 g/mol. The molecule has 1 N–H and O–H groups in total. The Kier molecular flexibility index (Phi) is 13.0. The van der Waals surface area contributed by atoms with Gasteiger partial charge in [-0.3, -0.25) is 13.9 Å². The van der Waals surface area contributed by atoms with Gasteiger partial charge >= 0.3 is 0 Å². The molecule has 0 heterocycles. The summed E-state index contributed by atoms with van der Waals surface area (Å²) in [6, 6.07) is 21.4. The van der Waals surface area contributed by atoms with E-state index in [2.05, 4.69) is 5.32 Å². The Morgan fingerprint density at radius 3 is 2.23 bits per heavy atom.